The zero-order valence-corrected chi connectivity index (χ0v) is 10.5. The molecule has 0 saturated carbocycles. The molecule has 1 aliphatic heterocycles. The number of rotatable bonds is 4. The zero-order chi connectivity index (χ0) is 12.3. The van der Waals surface area contributed by atoms with Gasteiger partial charge < -0.3 is 15.4 Å². The number of hydrogen-bond donors (Lipinski definition) is 1. The van der Waals surface area contributed by atoms with E-state index in [0.29, 0.717) is 12.6 Å². The van der Waals surface area contributed by atoms with Crippen molar-refractivity contribution in [1.82, 2.24) is 9.97 Å². The molecule has 0 amide bonds. The minimum Gasteiger partial charge on any atom is -0.376 e. The third kappa shape index (κ3) is 2.73. The molecule has 0 spiro atoms. The van der Waals surface area contributed by atoms with E-state index < -0.39 is 0 Å². The van der Waals surface area contributed by atoms with Crippen LogP contribution in [0.2, 0.25) is 0 Å². The first-order valence-corrected chi connectivity index (χ1v) is 6.08. The molecule has 1 saturated heterocycles. The standard InChI is InChI=1S/C12H20N4O/c1-9-11(4-6-17-9)16(2)12-14-7-10(3-5-13)8-15-12/h7-9,11H,3-6,13H2,1-2H3. The summed E-state index contributed by atoms with van der Waals surface area (Å²) in [6.45, 7) is 3.55. The molecule has 2 N–H and O–H groups in total. The number of nitrogens with two attached hydrogens (primary N) is 1. The van der Waals surface area contributed by atoms with Gasteiger partial charge in [0, 0.05) is 26.0 Å². The predicted octanol–water partition coefficient (Wildman–Crippen LogP) is 0.591. The molecule has 5 nitrogen and oxygen atoms in total. The Labute approximate surface area is 102 Å². The number of ether oxygens (including phenoxy) is 1. The van der Waals surface area contributed by atoms with Crippen molar-refractivity contribution in [2.45, 2.75) is 31.9 Å². The lowest BCUT2D eigenvalue weighted by Gasteiger charge is -2.26. The molecule has 5 heteroatoms. The average Bonchev–Trinajstić information content (AvgIpc) is 2.76. The lowest BCUT2D eigenvalue weighted by Crippen LogP contribution is -2.37. The van der Waals surface area contributed by atoms with Gasteiger partial charge in [-0.15, -0.1) is 0 Å². The van der Waals surface area contributed by atoms with Crippen molar-refractivity contribution in [3.8, 4) is 0 Å². The normalized spacial score (nSPS) is 23.9. The average molecular weight is 236 g/mol. The molecule has 94 valence electrons. The van der Waals surface area contributed by atoms with E-state index in [-0.39, 0.29) is 6.10 Å². The van der Waals surface area contributed by atoms with Crippen molar-refractivity contribution in [2.75, 3.05) is 25.1 Å². The summed E-state index contributed by atoms with van der Waals surface area (Å²) in [6.07, 6.45) is 5.81. The van der Waals surface area contributed by atoms with Crippen LogP contribution in [0.5, 0.6) is 0 Å². The van der Waals surface area contributed by atoms with E-state index in [1.807, 2.05) is 19.4 Å². The molecule has 2 atom stereocenters. The zero-order valence-electron chi connectivity index (χ0n) is 10.5. The Morgan fingerprint density at radius 1 is 1.47 bits per heavy atom. The van der Waals surface area contributed by atoms with Crippen LogP contribution in [0.25, 0.3) is 0 Å². The number of nitrogens with zero attached hydrogens (tertiary/aromatic N) is 3. The summed E-state index contributed by atoms with van der Waals surface area (Å²) < 4.78 is 5.56. The van der Waals surface area contributed by atoms with Gasteiger partial charge in [0.05, 0.1) is 12.1 Å². The molecule has 2 unspecified atom stereocenters. The van der Waals surface area contributed by atoms with Crippen LogP contribution in [0, 0.1) is 0 Å². The second-order valence-corrected chi connectivity index (χ2v) is 4.47. The third-order valence-corrected chi connectivity index (χ3v) is 3.27. The van der Waals surface area contributed by atoms with Gasteiger partial charge in [-0.2, -0.15) is 0 Å². The lowest BCUT2D eigenvalue weighted by molar-refractivity contribution is 0.118. The van der Waals surface area contributed by atoms with Crippen molar-refractivity contribution < 1.29 is 4.74 Å². The van der Waals surface area contributed by atoms with E-state index in [0.717, 1.165) is 31.0 Å². The Morgan fingerprint density at radius 2 is 2.18 bits per heavy atom. The van der Waals surface area contributed by atoms with Gasteiger partial charge in [0.15, 0.2) is 0 Å². The van der Waals surface area contributed by atoms with E-state index in [2.05, 4.69) is 21.8 Å². The van der Waals surface area contributed by atoms with Gasteiger partial charge >= 0.3 is 0 Å². The van der Waals surface area contributed by atoms with Gasteiger partial charge in [0.2, 0.25) is 5.95 Å². The molecule has 1 aliphatic rings. The first kappa shape index (κ1) is 12.3. The minimum absolute atomic E-state index is 0.243. The fraction of sp³-hybridized carbons (Fsp3) is 0.667. The van der Waals surface area contributed by atoms with Gasteiger partial charge in [-0.25, -0.2) is 9.97 Å². The van der Waals surface area contributed by atoms with Crippen molar-refractivity contribution >= 4 is 5.95 Å². The molecule has 0 bridgehead atoms. The Balaban J connectivity index is 2.05. The molecule has 2 rings (SSSR count). The van der Waals surface area contributed by atoms with E-state index in [4.69, 9.17) is 10.5 Å². The maximum atomic E-state index is 5.56. The van der Waals surface area contributed by atoms with Crippen LogP contribution in [0.4, 0.5) is 5.95 Å². The largest absolute Gasteiger partial charge is 0.376 e. The number of likely N-dealkylation sites (N-methyl/N-ethyl adjacent to an activating group) is 1. The lowest BCUT2D eigenvalue weighted by atomic mass is 10.1. The van der Waals surface area contributed by atoms with Crippen LogP contribution in [0.15, 0.2) is 12.4 Å². The van der Waals surface area contributed by atoms with Crippen LogP contribution in [0.1, 0.15) is 18.9 Å². The van der Waals surface area contributed by atoms with Crippen LogP contribution in [0.3, 0.4) is 0 Å². The number of hydrogen-bond acceptors (Lipinski definition) is 5. The fourth-order valence-electron chi connectivity index (χ4n) is 2.20. The fourth-order valence-corrected chi connectivity index (χ4v) is 2.20. The maximum absolute atomic E-state index is 5.56. The van der Waals surface area contributed by atoms with Crippen molar-refractivity contribution in [3.05, 3.63) is 18.0 Å². The highest BCUT2D eigenvalue weighted by Gasteiger charge is 2.29. The van der Waals surface area contributed by atoms with Crippen molar-refractivity contribution in [2.24, 2.45) is 5.73 Å². The molecule has 17 heavy (non-hydrogen) atoms. The number of aromatic nitrogens is 2. The van der Waals surface area contributed by atoms with Crippen molar-refractivity contribution in [1.29, 1.82) is 0 Å². The van der Waals surface area contributed by atoms with Gasteiger partial charge in [-0.3, -0.25) is 0 Å². The van der Waals surface area contributed by atoms with Crippen LogP contribution in [-0.4, -0.2) is 42.3 Å². The van der Waals surface area contributed by atoms with Gasteiger partial charge in [0.1, 0.15) is 0 Å². The Hall–Kier alpha value is -1.20. The van der Waals surface area contributed by atoms with E-state index in [1.54, 1.807) is 0 Å². The molecule has 0 radical (unpaired) electrons. The highest BCUT2D eigenvalue weighted by atomic mass is 16.5. The molecule has 1 fully saturated rings. The van der Waals surface area contributed by atoms with Crippen molar-refractivity contribution in [3.63, 3.8) is 0 Å². The molecule has 2 heterocycles. The topological polar surface area (TPSA) is 64.3 Å². The summed E-state index contributed by atoms with van der Waals surface area (Å²) in [5.74, 6) is 0.758. The predicted molar refractivity (Wildman–Crippen MR) is 67.0 cm³/mol. The molecular weight excluding hydrogens is 216 g/mol. The first-order chi connectivity index (χ1) is 8.22. The van der Waals surface area contributed by atoms with Gasteiger partial charge in [-0.1, -0.05) is 0 Å². The highest BCUT2D eigenvalue weighted by Crippen LogP contribution is 2.21. The number of anilines is 1. The summed E-state index contributed by atoms with van der Waals surface area (Å²) in [5, 5.41) is 0. The highest BCUT2D eigenvalue weighted by molar-refractivity contribution is 5.31. The molecular formula is C12H20N4O. The van der Waals surface area contributed by atoms with Gasteiger partial charge in [0.25, 0.3) is 0 Å². The summed E-state index contributed by atoms with van der Waals surface area (Å²) in [5.41, 5.74) is 6.58. The molecule has 0 aromatic carbocycles. The molecule has 0 aliphatic carbocycles. The third-order valence-electron chi connectivity index (χ3n) is 3.27. The summed E-state index contributed by atoms with van der Waals surface area (Å²) in [6, 6.07) is 0.371. The van der Waals surface area contributed by atoms with E-state index in [1.165, 1.54) is 0 Å². The van der Waals surface area contributed by atoms with E-state index in [9.17, 15) is 0 Å². The SMILES string of the molecule is CC1OCCC1N(C)c1ncc(CCN)cn1. The summed E-state index contributed by atoms with van der Waals surface area (Å²) >= 11 is 0. The monoisotopic (exact) mass is 236 g/mol. The van der Waals surface area contributed by atoms with Crippen LogP contribution < -0.4 is 10.6 Å². The smallest absolute Gasteiger partial charge is 0.225 e. The Kier molecular flexibility index (Phi) is 3.91. The quantitative estimate of drug-likeness (QED) is 0.829. The summed E-state index contributed by atoms with van der Waals surface area (Å²) in [7, 11) is 2.02. The Bertz CT molecular complexity index is 354. The van der Waals surface area contributed by atoms with Gasteiger partial charge in [-0.05, 0) is 31.9 Å². The van der Waals surface area contributed by atoms with Crippen LogP contribution in [-0.2, 0) is 11.2 Å². The minimum atomic E-state index is 0.243. The second-order valence-electron chi connectivity index (χ2n) is 4.47. The first-order valence-electron chi connectivity index (χ1n) is 6.08. The Morgan fingerprint density at radius 3 is 2.71 bits per heavy atom. The summed E-state index contributed by atoms with van der Waals surface area (Å²) in [4.78, 5) is 10.9. The molecule has 1 aromatic rings. The second kappa shape index (κ2) is 5.42. The molecule has 1 aromatic heterocycles. The maximum Gasteiger partial charge on any atom is 0.225 e. The van der Waals surface area contributed by atoms with E-state index >= 15 is 0 Å². The van der Waals surface area contributed by atoms with Crippen LogP contribution >= 0.6 is 0 Å².